The molecule has 4 heteroatoms. The Bertz CT molecular complexity index is 493. The first kappa shape index (κ1) is 11.7. The summed E-state index contributed by atoms with van der Waals surface area (Å²) in [4.78, 5) is 0. The van der Waals surface area contributed by atoms with E-state index in [0.717, 1.165) is 17.1 Å². The third-order valence-electron chi connectivity index (χ3n) is 2.73. The SMILES string of the molecule is CNC(C)c1ccccc1Oc1cnn(C)c1. The highest BCUT2D eigenvalue weighted by atomic mass is 16.5. The van der Waals surface area contributed by atoms with Gasteiger partial charge in [-0.05, 0) is 20.0 Å². The van der Waals surface area contributed by atoms with Gasteiger partial charge in [-0.3, -0.25) is 4.68 Å². The standard InChI is InChI=1S/C13H17N3O/c1-10(14-2)12-6-4-5-7-13(12)17-11-8-15-16(3)9-11/h4-10,14H,1-3H3. The summed E-state index contributed by atoms with van der Waals surface area (Å²) < 4.78 is 7.55. The van der Waals surface area contributed by atoms with Crippen LogP contribution in [0.3, 0.4) is 0 Å². The largest absolute Gasteiger partial charge is 0.454 e. The van der Waals surface area contributed by atoms with E-state index < -0.39 is 0 Å². The first-order valence-corrected chi connectivity index (χ1v) is 5.63. The third-order valence-corrected chi connectivity index (χ3v) is 2.73. The van der Waals surface area contributed by atoms with Crippen LogP contribution in [0.2, 0.25) is 0 Å². The number of hydrogen-bond acceptors (Lipinski definition) is 3. The average molecular weight is 231 g/mol. The molecular formula is C13H17N3O. The number of nitrogens with zero attached hydrogens (tertiary/aromatic N) is 2. The molecule has 90 valence electrons. The molecule has 1 heterocycles. The van der Waals surface area contributed by atoms with Gasteiger partial charge >= 0.3 is 0 Å². The van der Waals surface area contributed by atoms with E-state index >= 15 is 0 Å². The average Bonchev–Trinajstić information content (AvgIpc) is 2.74. The van der Waals surface area contributed by atoms with Gasteiger partial charge in [0, 0.05) is 18.7 Å². The molecule has 1 aromatic carbocycles. The van der Waals surface area contributed by atoms with E-state index in [9.17, 15) is 0 Å². The fraction of sp³-hybridized carbons (Fsp3) is 0.308. The molecule has 4 nitrogen and oxygen atoms in total. The molecular weight excluding hydrogens is 214 g/mol. The number of benzene rings is 1. The smallest absolute Gasteiger partial charge is 0.165 e. The van der Waals surface area contributed by atoms with Crippen LogP contribution in [0.5, 0.6) is 11.5 Å². The normalized spacial score (nSPS) is 12.4. The molecule has 2 rings (SSSR count). The summed E-state index contributed by atoms with van der Waals surface area (Å²) in [6.45, 7) is 2.10. The lowest BCUT2D eigenvalue weighted by Gasteiger charge is -2.15. The van der Waals surface area contributed by atoms with Crippen molar-refractivity contribution in [3.63, 3.8) is 0 Å². The van der Waals surface area contributed by atoms with Crippen molar-refractivity contribution in [3.05, 3.63) is 42.2 Å². The molecule has 1 atom stereocenters. The van der Waals surface area contributed by atoms with Crippen molar-refractivity contribution < 1.29 is 4.74 Å². The molecule has 0 aliphatic heterocycles. The molecule has 0 radical (unpaired) electrons. The zero-order valence-electron chi connectivity index (χ0n) is 10.3. The lowest BCUT2D eigenvalue weighted by atomic mass is 10.1. The minimum atomic E-state index is 0.253. The molecule has 1 aromatic heterocycles. The Morgan fingerprint density at radius 1 is 1.35 bits per heavy atom. The lowest BCUT2D eigenvalue weighted by Crippen LogP contribution is -2.13. The Morgan fingerprint density at radius 3 is 2.76 bits per heavy atom. The van der Waals surface area contributed by atoms with Gasteiger partial charge in [0.25, 0.3) is 0 Å². The van der Waals surface area contributed by atoms with Crippen LogP contribution in [-0.4, -0.2) is 16.8 Å². The van der Waals surface area contributed by atoms with Gasteiger partial charge in [0.2, 0.25) is 0 Å². The second kappa shape index (κ2) is 5.01. The predicted octanol–water partition coefficient (Wildman–Crippen LogP) is 2.49. The van der Waals surface area contributed by atoms with E-state index in [0.29, 0.717) is 0 Å². The number of aromatic nitrogens is 2. The molecule has 1 unspecified atom stereocenters. The monoisotopic (exact) mass is 231 g/mol. The summed E-state index contributed by atoms with van der Waals surface area (Å²) in [6, 6.07) is 8.27. The molecule has 2 aromatic rings. The highest BCUT2D eigenvalue weighted by Gasteiger charge is 2.10. The Labute approximate surface area is 101 Å². The first-order valence-electron chi connectivity index (χ1n) is 5.63. The summed E-state index contributed by atoms with van der Waals surface area (Å²) >= 11 is 0. The summed E-state index contributed by atoms with van der Waals surface area (Å²) in [5.41, 5.74) is 1.14. The Hall–Kier alpha value is -1.81. The van der Waals surface area contributed by atoms with Gasteiger partial charge in [-0.2, -0.15) is 5.10 Å². The highest BCUT2D eigenvalue weighted by molar-refractivity contribution is 5.38. The van der Waals surface area contributed by atoms with Gasteiger partial charge in [-0.15, -0.1) is 0 Å². The fourth-order valence-electron chi connectivity index (χ4n) is 1.67. The van der Waals surface area contributed by atoms with Gasteiger partial charge in [0.1, 0.15) is 5.75 Å². The minimum Gasteiger partial charge on any atom is -0.454 e. The van der Waals surface area contributed by atoms with Crippen molar-refractivity contribution in [2.24, 2.45) is 7.05 Å². The molecule has 0 aliphatic rings. The molecule has 0 spiro atoms. The maximum atomic E-state index is 5.83. The summed E-state index contributed by atoms with van der Waals surface area (Å²) in [5.74, 6) is 1.62. The lowest BCUT2D eigenvalue weighted by molar-refractivity contribution is 0.466. The van der Waals surface area contributed by atoms with Gasteiger partial charge in [0.05, 0.1) is 12.4 Å². The third kappa shape index (κ3) is 2.65. The van der Waals surface area contributed by atoms with Crippen LogP contribution in [0.15, 0.2) is 36.7 Å². The zero-order valence-corrected chi connectivity index (χ0v) is 10.3. The Morgan fingerprint density at radius 2 is 2.12 bits per heavy atom. The minimum absolute atomic E-state index is 0.253. The Kier molecular flexibility index (Phi) is 3.44. The molecule has 0 bridgehead atoms. The predicted molar refractivity (Wildman–Crippen MR) is 67.2 cm³/mol. The van der Waals surface area contributed by atoms with Crippen LogP contribution in [0.1, 0.15) is 18.5 Å². The molecule has 1 N–H and O–H groups in total. The molecule has 0 amide bonds. The van der Waals surface area contributed by atoms with Gasteiger partial charge in [-0.25, -0.2) is 0 Å². The molecule has 0 saturated carbocycles. The van der Waals surface area contributed by atoms with Crippen LogP contribution >= 0.6 is 0 Å². The maximum Gasteiger partial charge on any atom is 0.165 e. The first-order chi connectivity index (χ1) is 8.20. The van der Waals surface area contributed by atoms with Crippen LogP contribution in [0, 0.1) is 0 Å². The van der Waals surface area contributed by atoms with Crippen LogP contribution in [-0.2, 0) is 7.05 Å². The van der Waals surface area contributed by atoms with Crippen LogP contribution < -0.4 is 10.1 Å². The maximum absolute atomic E-state index is 5.83. The fourth-order valence-corrected chi connectivity index (χ4v) is 1.67. The van der Waals surface area contributed by atoms with Crippen LogP contribution in [0.4, 0.5) is 0 Å². The van der Waals surface area contributed by atoms with E-state index in [2.05, 4.69) is 23.4 Å². The molecule has 0 aliphatic carbocycles. The quantitative estimate of drug-likeness (QED) is 0.878. The number of nitrogens with one attached hydrogen (secondary N) is 1. The van der Waals surface area contributed by atoms with E-state index in [1.54, 1.807) is 10.9 Å². The Balaban J connectivity index is 2.26. The van der Waals surface area contributed by atoms with Crippen molar-refractivity contribution in [3.8, 4) is 11.5 Å². The van der Waals surface area contributed by atoms with E-state index in [1.165, 1.54) is 0 Å². The molecule has 0 fully saturated rings. The van der Waals surface area contributed by atoms with E-state index in [-0.39, 0.29) is 6.04 Å². The summed E-state index contributed by atoms with van der Waals surface area (Å²) in [7, 11) is 3.81. The van der Waals surface area contributed by atoms with Gasteiger partial charge < -0.3 is 10.1 Å². The summed E-state index contributed by atoms with van der Waals surface area (Å²) in [5, 5.41) is 7.30. The van der Waals surface area contributed by atoms with Crippen molar-refractivity contribution in [2.45, 2.75) is 13.0 Å². The van der Waals surface area contributed by atoms with Crippen molar-refractivity contribution >= 4 is 0 Å². The highest BCUT2D eigenvalue weighted by Crippen LogP contribution is 2.28. The number of aryl methyl sites for hydroxylation is 1. The van der Waals surface area contributed by atoms with Crippen molar-refractivity contribution in [1.82, 2.24) is 15.1 Å². The number of rotatable bonds is 4. The number of hydrogen-bond donors (Lipinski definition) is 1. The number of ether oxygens (including phenoxy) is 1. The van der Waals surface area contributed by atoms with Crippen molar-refractivity contribution in [2.75, 3.05) is 7.05 Å². The van der Waals surface area contributed by atoms with E-state index in [1.807, 2.05) is 38.5 Å². The van der Waals surface area contributed by atoms with E-state index in [4.69, 9.17) is 4.74 Å². The van der Waals surface area contributed by atoms with Gasteiger partial charge in [-0.1, -0.05) is 18.2 Å². The summed E-state index contributed by atoms with van der Waals surface area (Å²) in [6.07, 6.45) is 3.56. The topological polar surface area (TPSA) is 39.1 Å². The molecule has 0 saturated heterocycles. The van der Waals surface area contributed by atoms with Crippen LogP contribution in [0.25, 0.3) is 0 Å². The van der Waals surface area contributed by atoms with Gasteiger partial charge in [0.15, 0.2) is 5.75 Å². The second-order valence-corrected chi connectivity index (χ2v) is 4.00. The number of para-hydroxylation sites is 1. The second-order valence-electron chi connectivity index (χ2n) is 4.00. The molecule has 17 heavy (non-hydrogen) atoms. The van der Waals surface area contributed by atoms with Crippen molar-refractivity contribution in [1.29, 1.82) is 0 Å². The zero-order chi connectivity index (χ0) is 12.3.